The minimum absolute atomic E-state index is 0.131. The van der Waals surface area contributed by atoms with Crippen molar-refractivity contribution >= 4 is 40.7 Å². The lowest BCUT2D eigenvalue weighted by Crippen LogP contribution is -2.25. The van der Waals surface area contributed by atoms with Crippen LogP contribution in [0.1, 0.15) is 31.1 Å². The van der Waals surface area contributed by atoms with Gasteiger partial charge in [0.2, 0.25) is 0 Å². The first-order valence-electron chi connectivity index (χ1n) is 9.68. The molecule has 1 heterocycles. The largest absolute Gasteiger partial charge is 0.459 e. The number of hydrogen-bond acceptors (Lipinski definition) is 4. The lowest BCUT2D eigenvalue weighted by Gasteiger charge is -2.22. The predicted octanol–water partition coefficient (Wildman–Crippen LogP) is 6.29. The molecule has 1 aromatic heterocycles. The topological polar surface area (TPSA) is 60.3 Å². The van der Waals surface area contributed by atoms with Crippen LogP contribution in [0.2, 0.25) is 10.0 Å². The summed E-state index contributed by atoms with van der Waals surface area (Å²) in [6, 6.07) is 12.2. The third kappa shape index (κ3) is 4.92. The maximum atomic E-state index is 14.2. The first-order valence-corrected chi connectivity index (χ1v) is 10.4. The molecule has 8 heteroatoms. The van der Waals surface area contributed by atoms with Crippen LogP contribution >= 0.6 is 23.2 Å². The van der Waals surface area contributed by atoms with E-state index in [1.54, 1.807) is 54.8 Å². The average Bonchev–Trinajstić information content (AvgIpc) is 2.70. The number of carbonyl (C=O) groups is 1. The molecule has 0 aliphatic rings. The zero-order chi connectivity index (χ0) is 22.7. The Labute approximate surface area is 189 Å². The summed E-state index contributed by atoms with van der Waals surface area (Å²) in [7, 11) is 0. The fourth-order valence-corrected chi connectivity index (χ4v) is 3.49. The van der Waals surface area contributed by atoms with E-state index < -0.39 is 23.3 Å². The van der Waals surface area contributed by atoms with E-state index in [2.05, 4.69) is 5.32 Å². The maximum absolute atomic E-state index is 14.2. The molecule has 0 aliphatic carbocycles. The first kappa shape index (κ1) is 22.8. The van der Waals surface area contributed by atoms with Crippen molar-refractivity contribution in [1.29, 1.82) is 0 Å². The van der Waals surface area contributed by atoms with Gasteiger partial charge < -0.3 is 14.6 Å². The lowest BCUT2D eigenvalue weighted by atomic mass is 10.0. The zero-order valence-corrected chi connectivity index (χ0v) is 18.7. The van der Waals surface area contributed by atoms with Crippen molar-refractivity contribution in [3.8, 4) is 11.3 Å². The number of halogens is 3. The molecule has 0 aliphatic heterocycles. The van der Waals surface area contributed by atoms with E-state index in [9.17, 15) is 14.0 Å². The molecule has 0 spiro atoms. The molecule has 0 atom stereocenters. The fraction of sp³-hybridized carbons (Fsp3) is 0.217. The van der Waals surface area contributed by atoms with Gasteiger partial charge in [0.05, 0.1) is 27.5 Å². The van der Waals surface area contributed by atoms with Gasteiger partial charge in [0.15, 0.2) is 5.43 Å². The fourth-order valence-electron chi connectivity index (χ4n) is 3.19. The molecule has 5 nitrogen and oxygen atoms in total. The SMILES string of the molecule is CCn1c(Nc2ccccc2F)cc(=O)c(C(=O)OC(C)C)c1-c1ccc(Cl)c(Cl)c1. The molecule has 3 rings (SSSR count). The van der Waals surface area contributed by atoms with Crippen LogP contribution in [0.3, 0.4) is 0 Å². The Kier molecular flexibility index (Phi) is 7.03. The van der Waals surface area contributed by atoms with Gasteiger partial charge in [-0.2, -0.15) is 0 Å². The van der Waals surface area contributed by atoms with Gasteiger partial charge in [0.25, 0.3) is 0 Å². The minimum atomic E-state index is -0.749. The third-order valence-electron chi connectivity index (χ3n) is 4.50. The minimum Gasteiger partial charge on any atom is -0.459 e. The summed E-state index contributed by atoms with van der Waals surface area (Å²) in [4.78, 5) is 25.9. The number of anilines is 2. The van der Waals surface area contributed by atoms with Gasteiger partial charge in [-0.25, -0.2) is 9.18 Å². The number of ether oxygens (including phenoxy) is 1. The summed E-state index contributed by atoms with van der Waals surface area (Å²) >= 11 is 12.3. The molecule has 0 radical (unpaired) electrons. The second-order valence-electron chi connectivity index (χ2n) is 7.05. The summed E-state index contributed by atoms with van der Waals surface area (Å²) in [5, 5.41) is 3.56. The highest BCUT2D eigenvalue weighted by molar-refractivity contribution is 6.42. The lowest BCUT2D eigenvalue weighted by molar-refractivity contribution is 0.0376. The van der Waals surface area contributed by atoms with E-state index in [-0.39, 0.29) is 16.3 Å². The number of benzene rings is 2. The van der Waals surface area contributed by atoms with Gasteiger partial charge in [-0.1, -0.05) is 41.4 Å². The molecule has 0 fully saturated rings. The number of pyridine rings is 1. The van der Waals surface area contributed by atoms with Crippen LogP contribution in [-0.4, -0.2) is 16.6 Å². The highest BCUT2D eigenvalue weighted by Gasteiger charge is 2.25. The van der Waals surface area contributed by atoms with E-state index in [0.717, 1.165) is 0 Å². The molecule has 3 aromatic rings. The number of para-hydroxylation sites is 1. The Morgan fingerprint density at radius 1 is 1.13 bits per heavy atom. The van der Waals surface area contributed by atoms with Crippen LogP contribution in [0, 0.1) is 5.82 Å². The highest BCUT2D eigenvalue weighted by atomic mass is 35.5. The standard InChI is InChI=1S/C23H21Cl2FN2O3/c1-4-28-20(27-18-8-6-5-7-17(18)26)12-19(29)21(23(30)31-13(2)3)22(28)14-9-10-15(24)16(25)11-14/h5-13,27H,4H2,1-3H3. The van der Waals surface area contributed by atoms with E-state index in [0.29, 0.717) is 28.6 Å². The van der Waals surface area contributed by atoms with Crippen LogP contribution in [0.25, 0.3) is 11.3 Å². The number of carbonyl (C=O) groups excluding carboxylic acids is 1. The van der Waals surface area contributed by atoms with Crippen molar-refractivity contribution in [2.24, 2.45) is 0 Å². The Balaban J connectivity index is 2.30. The van der Waals surface area contributed by atoms with E-state index in [4.69, 9.17) is 27.9 Å². The van der Waals surface area contributed by atoms with Crippen LogP contribution in [0.5, 0.6) is 0 Å². The first-order chi connectivity index (χ1) is 14.7. The van der Waals surface area contributed by atoms with Crippen molar-refractivity contribution in [2.45, 2.75) is 33.4 Å². The van der Waals surface area contributed by atoms with Crippen LogP contribution in [0.15, 0.2) is 53.3 Å². The summed E-state index contributed by atoms with van der Waals surface area (Å²) in [6.45, 7) is 5.61. The van der Waals surface area contributed by atoms with Gasteiger partial charge in [-0.05, 0) is 45.0 Å². The van der Waals surface area contributed by atoms with Crippen molar-refractivity contribution in [2.75, 3.05) is 5.32 Å². The monoisotopic (exact) mass is 462 g/mol. The van der Waals surface area contributed by atoms with Gasteiger partial charge in [-0.3, -0.25) is 4.79 Å². The molecule has 31 heavy (non-hydrogen) atoms. The van der Waals surface area contributed by atoms with Gasteiger partial charge in [0.1, 0.15) is 17.2 Å². The van der Waals surface area contributed by atoms with Crippen LogP contribution < -0.4 is 10.7 Å². The third-order valence-corrected chi connectivity index (χ3v) is 5.24. The molecule has 0 saturated heterocycles. The van der Waals surface area contributed by atoms with Gasteiger partial charge in [-0.15, -0.1) is 0 Å². The normalized spacial score (nSPS) is 10.9. The van der Waals surface area contributed by atoms with Crippen LogP contribution in [-0.2, 0) is 11.3 Å². The second kappa shape index (κ2) is 9.54. The average molecular weight is 463 g/mol. The second-order valence-corrected chi connectivity index (χ2v) is 7.86. The maximum Gasteiger partial charge on any atom is 0.344 e. The predicted molar refractivity (Wildman–Crippen MR) is 122 cm³/mol. The van der Waals surface area contributed by atoms with Crippen LogP contribution in [0.4, 0.5) is 15.9 Å². The summed E-state index contributed by atoms with van der Waals surface area (Å²) in [6.07, 6.45) is -0.417. The molecule has 0 amide bonds. The van der Waals surface area contributed by atoms with Crippen molar-refractivity contribution in [3.05, 3.63) is 80.2 Å². The van der Waals surface area contributed by atoms with E-state index >= 15 is 0 Å². The Bertz CT molecular complexity index is 1190. The van der Waals surface area contributed by atoms with Crippen molar-refractivity contribution in [1.82, 2.24) is 4.57 Å². The number of hydrogen-bond donors (Lipinski definition) is 1. The van der Waals surface area contributed by atoms with Crippen molar-refractivity contribution in [3.63, 3.8) is 0 Å². The van der Waals surface area contributed by atoms with E-state index in [1.165, 1.54) is 12.1 Å². The number of aromatic nitrogens is 1. The molecule has 162 valence electrons. The van der Waals surface area contributed by atoms with Gasteiger partial charge in [0, 0.05) is 18.2 Å². The Morgan fingerprint density at radius 2 is 1.84 bits per heavy atom. The molecule has 1 N–H and O–H groups in total. The smallest absolute Gasteiger partial charge is 0.344 e. The Hall–Kier alpha value is -2.83. The van der Waals surface area contributed by atoms with Crippen molar-refractivity contribution < 1.29 is 13.9 Å². The summed E-state index contributed by atoms with van der Waals surface area (Å²) in [5.74, 6) is -0.905. The molecule has 0 bridgehead atoms. The zero-order valence-electron chi connectivity index (χ0n) is 17.2. The summed E-state index contributed by atoms with van der Waals surface area (Å²) < 4.78 is 21.2. The summed E-state index contributed by atoms with van der Waals surface area (Å²) in [5.41, 5.74) is 0.310. The highest BCUT2D eigenvalue weighted by Crippen LogP contribution is 2.32. The Morgan fingerprint density at radius 3 is 2.45 bits per heavy atom. The molecule has 0 saturated carbocycles. The molecular formula is C23H21Cl2FN2O3. The molecule has 2 aromatic carbocycles. The number of nitrogens with zero attached hydrogens (tertiary/aromatic N) is 1. The number of nitrogens with one attached hydrogen (secondary N) is 1. The number of rotatable bonds is 6. The van der Waals surface area contributed by atoms with Gasteiger partial charge >= 0.3 is 5.97 Å². The number of esters is 1. The quantitative estimate of drug-likeness (QED) is 0.437. The molecular weight excluding hydrogens is 442 g/mol. The molecule has 0 unspecified atom stereocenters. The van der Waals surface area contributed by atoms with E-state index in [1.807, 2.05) is 6.92 Å².